The van der Waals surface area contributed by atoms with Crippen molar-refractivity contribution in [2.24, 2.45) is 10.2 Å². The molecule has 2 aromatic carbocycles. The van der Waals surface area contributed by atoms with Crippen LogP contribution >= 0.6 is 11.8 Å². The molecule has 1 atom stereocenters. The van der Waals surface area contributed by atoms with Crippen LogP contribution in [0, 0.1) is 10.1 Å². The lowest BCUT2D eigenvalue weighted by atomic mass is 10.2. The van der Waals surface area contributed by atoms with Gasteiger partial charge in [-0.2, -0.15) is 18.3 Å². The number of carbonyl (C=O) groups is 2. The Morgan fingerprint density at radius 3 is 2.73 bits per heavy atom. The fourth-order valence-electron chi connectivity index (χ4n) is 2.59. The largest absolute Gasteiger partial charge is 0.481 e. The number of rotatable bonds is 7. The van der Waals surface area contributed by atoms with E-state index in [1.54, 1.807) is 0 Å². The lowest BCUT2D eigenvalue weighted by Crippen LogP contribution is -2.26. The van der Waals surface area contributed by atoms with E-state index in [0.29, 0.717) is 0 Å². The fourth-order valence-corrected chi connectivity index (χ4v) is 3.51. The molecule has 3 rings (SSSR count). The number of carboxylic acids is 1. The molecule has 0 bridgehead atoms. The van der Waals surface area contributed by atoms with Crippen molar-refractivity contribution in [3.05, 3.63) is 63.7 Å². The number of hydrogen-bond acceptors (Lipinski definition) is 8. The molecule has 1 saturated heterocycles. The number of non-ortho nitro benzene ring substituents is 1. The lowest BCUT2D eigenvalue weighted by Gasteiger charge is -2.11. The van der Waals surface area contributed by atoms with Crippen LogP contribution in [0.5, 0.6) is 11.5 Å². The van der Waals surface area contributed by atoms with Gasteiger partial charge in [-0.15, -0.1) is 5.10 Å². The van der Waals surface area contributed by atoms with Crippen LogP contribution in [-0.2, 0) is 15.8 Å². The summed E-state index contributed by atoms with van der Waals surface area (Å²) in [4.78, 5) is 32.9. The quantitative estimate of drug-likeness (QED) is 0.347. The van der Waals surface area contributed by atoms with Gasteiger partial charge in [-0.25, -0.2) is 0 Å². The summed E-state index contributed by atoms with van der Waals surface area (Å²) in [5, 5.41) is 28.8. The highest BCUT2D eigenvalue weighted by Crippen LogP contribution is 2.34. The average molecular weight is 482 g/mol. The summed E-state index contributed by atoms with van der Waals surface area (Å²) in [6.07, 6.45) is -3.95. The van der Waals surface area contributed by atoms with Gasteiger partial charge in [-0.05, 0) is 24.3 Å². The van der Waals surface area contributed by atoms with Crippen molar-refractivity contribution < 1.29 is 37.5 Å². The highest BCUT2D eigenvalue weighted by atomic mass is 32.2. The van der Waals surface area contributed by atoms with E-state index in [4.69, 9.17) is 9.84 Å². The van der Waals surface area contributed by atoms with Gasteiger partial charge in [0.1, 0.15) is 16.7 Å². The maximum Gasteiger partial charge on any atom is 0.416 e. The zero-order valence-corrected chi connectivity index (χ0v) is 17.1. The van der Waals surface area contributed by atoms with Crippen LogP contribution in [0.3, 0.4) is 0 Å². The second-order valence-corrected chi connectivity index (χ2v) is 7.64. The molecule has 1 aliphatic heterocycles. The molecular weight excluding hydrogens is 469 g/mol. The number of alkyl halides is 3. The van der Waals surface area contributed by atoms with E-state index < -0.39 is 40.2 Å². The summed E-state index contributed by atoms with van der Waals surface area (Å²) in [5.74, 6) is -1.91. The van der Waals surface area contributed by atoms with Crippen LogP contribution in [0.15, 0.2) is 52.7 Å². The van der Waals surface area contributed by atoms with E-state index in [1.165, 1.54) is 12.1 Å². The molecule has 14 heteroatoms. The van der Waals surface area contributed by atoms with Crippen molar-refractivity contribution in [3.63, 3.8) is 0 Å². The third-order valence-corrected chi connectivity index (χ3v) is 5.15. The number of nitrogens with zero attached hydrogens (tertiary/aromatic N) is 3. The first kappa shape index (κ1) is 23.7. The lowest BCUT2D eigenvalue weighted by molar-refractivity contribution is -0.384. The number of benzene rings is 2. The minimum atomic E-state index is -4.59. The first-order valence-corrected chi connectivity index (χ1v) is 9.85. The Kier molecular flexibility index (Phi) is 6.96. The Labute approximate surface area is 187 Å². The van der Waals surface area contributed by atoms with Crippen molar-refractivity contribution in [1.82, 2.24) is 5.32 Å². The van der Waals surface area contributed by atoms with Crippen LogP contribution in [0.25, 0.3) is 0 Å². The number of nitro groups is 1. The second kappa shape index (κ2) is 9.68. The van der Waals surface area contributed by atoms with Crippen LogP contribution < -0.4 is 10.1 Å². The minimum Gasteiger partial charge on any atom is -0.481 e. The van der Waals surface area contributed by atoms with E-state index >= 15 is 0 Å². The fraction of sp³-hybridized carbons (Fsp3) is 0.158. The van der Waals surface area contributed by atoms with Crippen LogP contribution in [-0.4, -0.2) is 38.5 Å². The monoisotopic (exact) mass is 482 g/mol. The number of nitro benzene ring substituents is 1. The van der Waals surface area contributed by atoms with Crippen molar-refractivity contribution in [2.45, 2.75) is 17.8 Å². The molecule has 33 heavy (non-hydrogen) atoms. The first-order chi connectivity index (χ1) is 15.5. The van der Waals surface area contributed by atoms with Crippen molar-refractivity contribution >= 4 is 40.7 Å². The molecule has 2 aromatic rings. The summed E-state index contributed by atoms with van der Waals surface area (Å²) >= 11 is 0.850. The molecule has 172 valence electrons. The molecule has 0 radical (unpaired) electrons. The topological polar surface area (TPSA) is 143 Å². The van der Waals surface area contributed by atoms with Gasteiger partial charge in [0.25, 0.3) is 5.69 Å². The van der Waals surface area contributed by atoms with Gasteiger partial charge >= 0.3 is 12.1 Å². The van der Waals surface area contributed by atoms with E-state index in [2.05, 4.69) is 15.5 Å². The van der Waals surface area contributed by atoms with E-state index in [1.807, 2.05) is 0 Å². The molecule has 1 aliphatic rings. The van der Waals surface area contributed by atoms with Gasteiger partial charge in [-0.1, -0.05) is 17.8 Å². The summed E-state index contributed by atoms with van der Waals surface area (Å²) in [6.45, 7) is 0. The molecule has 0 aliphatic carbocycles. The van der Waals surface area contributed by atoms with Gasteiger partial charge in [-0.3, -0.25) is 19.7 Å². The van der Waals surface area contributed by atoms with Crippen LogP contribution in [0.1, 0.15) is 17.5 Å². The summed E-state index contributed by atoms with van der Waals surface area (Å²) in [5.41, 5.74) is -1.23. The minimum absolute atomic E-state index is 0.0216. The van der Waals surface area contributed by atoms with Crippen LogP contribution in [0.4, 0.5) is 18.9 Å². The Morgan fingerprint density at radius 2 is 2.06 bits per heavy atom. The van der Waals surface area contributed by atoms with Gasteiger partial charge in [0.05, 0.1) is 23.1 Å². The predicted molar refractivity (Wildman–Crippen MR) is 111 cm³/mol. The molecule has 1 unspecified atom stereocenters. The standard InChI is InChI=1S/C19H13F3N4O6S/c20-19(21,22)11-2-1-3-13(7-11)32-14-5-4-12(26(30)31)6-10(14)9-23-25-18-24-17(29)15(33-18)8-16(27)28/h1-7,9,15H,8H2,(H,27,28)(H,24,25,29). The summed E-state index contributed by atoms with van der Waals surface area (Å²) in [6, 6.07) is 7.46. The number of carbonyl (C=O) groups excluding carboxylic acids is 1. The zero-order chi connectivity index (χ0) is 24.2. The number of ether oxygens (including phenoxy) is 1. The number of amidine groups is 1. The zero-order valence-electron chi connectivity index (χ0n) is 16.3. The number of amides is 1. The third-order valence-electron chi connectivity index (χ3n) is 4.08. The molecule has 0 spiro atoms. The Hall–Kier alpha value is -3.94. The molecule has 10 nitrogen and oxygen atoms in total. The number of hydrogen-bond donors (Lipinski definition) is 2. The number of halogens is 3. The number of thioether (sulfide) groups is 1. The third kappa shape index (κ3) is 6.29. The SMILES string of the molecule is O=C(O)CC1SC(=NN=Cc2cc([N+](=O)[O-])ccc2Oc2cccc(C(F)(F)F)c2)NC1=O. The maximum absolute atomic E-state index is 12.9. The molecule has 2 N–H and O–H groups in total. The predicted octanol–water partition coefficient (Wildman–Crippen LogP) is 3.80. The van der Waals surface area contributed by atoms with E-state index in [-0.39, 0.29) is 27.9 Å². The van der Waals surface area contributed by atoms with Gasteiger partial charge < -0.3 is 15.2 Å². The van der Waals surface area contributed by atoms with Gasteiger partial charge in [0.2, 0.25) is 5.91 Å². The summed E-state index contributed by atoms with van der Waals surface area (Å²) in [7, 11) is 0. The number of aliphatic carboxylic acids is 1. The second-order valence-electron chi connectivity index (χ2n) is 6.45. The number of nitrogens with one attached hydrogen (secondary N) is 1. The highest BCUT2D eigenvalue weighted by Gasteiger charge is 2.32. The molecule has 1 fully saturated rings. The molecule has 0 aromatic heterocycles. The maximum atomic E-state index is 12.9. The van der Waals surface area contributed by atoms with Crippen molar-refractivity contribution in [1.29, 1.82) is 0 Å². The van der Waals surface area contributed by atoms with Crippen molar-refractivity contribution in [3.8, 4) is 11.5 Å². The summed E-state index contributed by atoms with van der Waals surface area (Å²) < 4.78 is 44.3. The Morgan fingerprint density at radius 1 is 1.30 bits per heavy atom. The molecule has 1 heterocycles. The Balaban J connectivity index is 1.85. The highest BCUT2D eigenvalue weighted by molar-refractivity contribution is 8.15. The number of carboxylic acid groups (broad SMARTS) is 1. The smallest absolute Gasteiger partial charge is 0.416 e. The van der Waals surface area contributed by atoms with Crippen molar-refractivity contribution in [2.75, 3.05) is 0 Å². The first-order valence-electron chi connectivity index (χ1n) is 8.97. The average Bonchev–Trinajstić information content (AvgIpc) is 3.07. The van der Waals surface area contributed by atoms with Crippen LogP contribution in [0.2, 0.25) is 0 Å². The van der Waals surface area contributed by atoms with Gasteiger partial charge in [0.15, 0.2) is 5.17 Å². The molecular formula is C19H13F3N4O6S. The van der Waals surface area contributed by atoms with Gasteiger partial charge in [0, 0.05) is 17.7 Å². The van der Waals surface area contributed by atoms with E-state index in [9.17, 15) is 32.9 Å². The molecule has 1 amide bonds. The Bertz CT molecular complexity index is 1170. The normalized spacial score (nSPS) is 17.4. The van der Waals surface area contributed by atoms with E-state index in [0.717, 1.165) is 48.3 Å². The molecule has 0 saturated carbocycles.